The third-order valence-corrected chi connectivity index (χ3v) is 3.71. The number of carbonyl (C=O) groups excluding carboxylic acids is 1. The molecule has 3 heteroatoms. The Kier molecular flexibility index (Phi) is 4.00. The van der Waals surface area contributed by atoms with Gasteiger partial charge in [-0.25, -0.2) is 0 Å². The molecule has 3 nitrogen and oxygen atoms in total. The second kappa shape index (κ2) is 4.74. The largest absolute Gasteiger partial charge is 0.368 e. The summed E-state index contributed by atoms with van der Waals surface area (Å²) in [5, 5.41) is 0. The van der Waals surface area contributed by atoms with Crippen molar-refractivity contribution in [2.45, 2.75) is 59.5 Å². The molecule has 0 aromatic heterocycles. The maximum absolute atomic E-state index is 11.5. The minimum absolute atomic E-state index is 0.0937. The molecule has 0 aromatic rings. The van der Waals surface area contributed by atoms with Gasteiger partial charge in [0.05, 0.1) is 0 Å². The van der Waals surface area contributed by atoms with E-state index in [9.17, 15) is 4.79 Å². The first-order valence-corrected chi connectivity index (χ1v) is 6.22. The minimum atomic E-state index is -0.433. The van der Waals surface area contributed by atoms with Crippen LogP contribution in [0.2, 0.25) is 0 Å². The number of amides is 1. The van der Waals surface area contributed by atoms with Crippen LogP contribution in [0.4, 0.5) is 0 Å². The summed E-state index contributed by atoms with van der Waals surface area (Å²) in [6.07, 6.45) is 3.98. The van der Waals surface area contributed by atoms with Crippen LogP contribution >= 0.6 is 0 Å². The molecule has 1 rings (SSSR count). The Morgan fingerprint density at radius 2 is 2.00 bits per heavy atom. The summed E-state index contributed by atoms with van der Waals surface area (Å²) in [4.78, 5) is 11.5. The monoisotopic (exact) mass is 227 g/mol. The van der Waals surface area contributed by atoms with Crippen LogP contribution in [0, 0.1) is 10.8 Å². The number of carbonyl (C=O) groups is 1. The van der Waals surface area contributed by atoms with Crippen molar-refractivity contribution in [1.29, 1.82) is 0 Å². The number of rotatable bonds is 4. The van der Waals surface area contributed by atoms with Crippen molar-refractivity contribution in [3.05, 3.63) is 0 Å². The van der Waals surface area contributed by atoms with Crippen molar-refractivity contribution in [2.75, 3.05) is 6.61 Å². The van der Waals surface area contributed by atoms with E-state index in [4.69, 9.17) is 10.5 Å². The molecule has 2 unspecified atom stereocenters. The molecule has 1 saturated carbocycles. The van der Waals surface area contributed by atoms with E-state index in [-0.39, 0.29) is 16.7 Å². The van der Waals surface area contributed by atoms with Gasteiger partial charge in [0.25, 0.3) is 0 Å². The highest BCUT2D eigenvalue weighted by Crippen LogP contribution is 2.48. The number of nitrogens with two attached hydrogens (primary N) is 1. The average Bonchev–Trinajstić information content (AvgIpc) is 2.11. The molecule has 16 heavy (non-hydrogen) atoms. The summed E-state index contributed by atoms with van der Waals surface area (Å²) in [7, 11) is 0. The van der Waals surface area contributed by atoms with Crippen LogP contribution in [0.25, 0.3) is 0 Å². The van der Waals surface area contributed by atoms with Gasteiger partial charge in [0.1, 0.15) is 6.10 Å². The minimum Gasteiger partial charge on any atom is -0.368 e. The summed E-state index contributed by atoms with van der Waals surface area (Å²) in [6.45, 7) is 9.11. The summed E-state index contributed by atoms with van der Waals surface area (Å²) in [5.41, 5.74) is 5.66. The fraction of sp³-hybridized carbons (Fsp3) is 0.923. The molecule has 0 aromatic carbocycles. The third-order valence-electron chi connectivity index (χ3n) is 3.71. The Morgan fingerprint density at radius 1 is 1.38 bits per heavy atom. The van der Waals surface area contributed by atoms with Gasteiger partial charge < -0.3 is 10.5 Å². The molecule has 0 spiro atoms. The second-order valence-electron chi connectivity index (χ2n) is 6.09. The lowest BCUT2D eigenvalue weighted by Gasteiger charge is -2.45. The van der Waals surface area contributed by atoms with E-state index in [2.05, 4.69) is 20.8 Å². The first-order chi connectivity index (χ1) is 7.31. The molecule has 2 atom stereocenters. The zero-order valence-corrected chi connectivity index (χ0v) is 11.0. The Labute approximate surface area is 98.7 Å². The Hall–Kier alpha value is -0.570. The van der Waals surface area contributed by atoms with Gasteiger partial charge in [-0.05, 0) is 31.6 Å². The van der Waals surface area contributed by atoms with E-state index in [1.807, 2.05) is 6.92 Å². The quantitative estimate of drug-likeness (QED) is 0.802. The van der Waals surface area contributed by atoms with Gasteiger partial charge in [0.2, 0.25) is 5.91 Å². The summed E-state index contributed by atoms with van der Waals surface area (Å²) >= 11 is 0. The van der Waals surface area contributed by atoms with Gasteiger partial charge >= 0.3 is 0 Å². The van der Waals surface area contributed by atoms with Gasteiger partial charge in [-0.1, -0.05) is 27.2 Å². The molecule has 94 valence electrons. The first kappa shape index (κ1) is 13.5. The van der Waals surface area contributed by atoms with Crippen LogP contribution in [-0.4, -0.2) is 18.6 Å². The molecule has 1 fully saturated rings. The van der Waals surface area contributed by atoms with Gasteiger partial charge in [-0.3, -0.25) is 4.79 Å². The smallest absolute Gasteiger partial charge is 0.247 e. The Morgan fingerprint density at radius 3 is 2.44 bits per heavy atom. The maximum atomic E-state index is 11.5. The van der Waals surface area contributed by atoms with Gasteiger partial charge in [0, 0.05) is 12.0 Å². The fourth-order valence-electron chi connectivity index (χ4n) is 3.26. The number of primary amides is 1. The van der Waals surface area contributed by atoms with E-state index in [1.165, 1.54) is 6.42 Å². The molecule has 1 amide bonds. The van der Waals surface area contributed by atoms with E-state index in [0.717, 1.165) is 19.3 Å². The molecule has 1 aliphatic rings. The standard InChI is InChI=1S/C13H25NO2/c1-5-16-10(11(14)15)13(4)8-6-7-12(2,3)9-13/h10H,5-9H2,1-4H3,(H2,14,15). The molecular weight excluding hydrogens is 202 g/mol. The molecule has 0 radical (unpaired) electrons. The normalized spacial score (nSPS) is 31.0. The predicted octanol–water partition coefficient (Wildman–Crippen LogP) is 2.48. The number of ether oxygens (including phenoxy) is 1. The van der Waals surface area contributed by atoms with Crippen molar-refractivity contribution in [3.63, 3.8) is 0 Å². The lowest BCUT2D eigenvalue weighted by atomic mass is 9.62. The molecule has 0 saturated heterocycles. The molecular formula is C13H25NO2. The van der Waals surface area contributed by atoms with Crippen LogP contribution in [-0.2, 0) is 9.53 Å². The molecule has 1 aliphatic carbocycles. The van der Waals surface area contributed by atoms with Gasteiger partial charge in [-0.15, -0.1) is 0 Å². The Bertz CT molecular complexity index is 263. The van der Waals surface area contributed by atoms with Crippen molar-refractivity contribution in [1.82, 2.24) is 0 Å². The Balaban J connectivity index is 2.84. The van der Waals surface area contributed by atoms with Crippen LogP contribution in [0.3, 0.4) is 0 Å². The summed E-state index contributed by atoms with van der Waals surface area (Å²) in [5.74, 6) is -0.318. The first-order valence-electron chi connectivity index (χ1n) is 6.22. The number of hydrogen-bond donors (Lipinski definition) is 1. The summed E-state index contributed by atoms with van der Waals surface area (Å²) in [6, 6.07) is 0. The topological polar surface area (TPSA) is 52.3 Å². The SMILES string of the molecule is CCOC(C(N)=O)C1(C)CCCC(C)(C)C1. The zero-order valence-electron chi connectivity index (χ0n) is 11.0. The van der Waals surface area contributed by atoms with Gasteiger partial charge in [0.15, 0.2) is 0 Å². The van der Waals surface area contributed by atoms with E-state index in [0.29, 0.717) is 6.61 Å². The van der Waals surface area contributed by atoms with Crippen LogP contribution in [0.15, 0.2) is 0 Å². The highest BCUT2D eigenvalue weighted by atomic mass is 16.5. The van der Waals surface area contributed by atoms with Gasteiger partial charge in [-0.2, -0.15) is 0 Å². The zero-order chi connectivity index (χ0) is 12.4. The highest BCUT2D eigenvalue weighted by Gasteiger charge is 2.44. The second-order valence-corrected chi connectivity index (χ2v) is 6.09. The van der Waals surface area contributed by atoms with E-state index in [1.54, 1.807) is 0 Å². The van der Waals surface area contributed by atoms with E-state index >= 15 is 0 Å². The molecule has 0 aliphatic heterocycles. The average molecular weight is 227 g/mol. The lowest BCUT2D eigenvalue weighted by molar-refractivity contribution is -0.142. The van der Waals surface area contributed by atoms with Crippen molar-refractivity contribution in [3.8, 4) is 0 Å². The van der Waals surface area contributed by atoms with Crippen molar-refractivity contribution >= 4 is 5.91 Å². The number of hydrogen-bond acceptors (Lipinski definition) is 2. The predicted molar refractivity (Wildman–Crippen MR) is 65.0 cm³/mol. The van der Waals surface area contributed by atoms with Crippen LogP contribution in [0.5, 0.6) is 0 Å². The summed E-state index contributed by atoms with van der Waals surface area (Å²) < 4.78 is 5.56. The highest BCUT2D eigenvalue weighted by molar-refractivity contribution is 5.79. The van der Waals surface area contributed by atoms with Crippen molar-refractivity contribution < 1.29 is 9.53 Å². The maximum Gasteiger partial charge on any atom is 0.247 e. The lowest BCUT2D eigenvalue weighted by Crippen LogP contribution is -2.48. The third kappa shape index (κ3) is 2.97. The molecule has 0 heterocycles. The van der Waals surface area contributed by atoms with Crippen LogP contribution in [0.1, 0.15) is 53.4 Å². The van der Waals surface area contributed by atoms with Crippen molar-refractivity contribution in [2.24, 2.45) is 16.6 Å². The van der Waals surface area contributed by atoms with Crippen LogP contribution < -0.4 is 5.73 Å². The fourth-order valence-corrected chi connectivity index (χ4v) is 3.26. The molecule has 2 N–H and O–H groups in total. The molecule has 0 bridgehead atoms. The van der Waals surface area contributed by atoms with E-state index < -0.39 is 6.10 Å².